The Morgan fingerprint density at radius 1 is 0.636 bits per heavy atom. The molecule has 2 aromatic heterocycles. The zero-order valence-electron chi connectivity index (χ0n) is 11.6. The molecule has 4 aromatic rings. The van der Waals surface area contributed by atoms with Gasteiger partial charge in [-0.05, 0) is 24.3 Å². The molecule has 2 heterocycles. The van der Waals surface area contributed by atoms with E-state index < -0.39 is 0 Å². The van der Waals surface area contributed by atoms with Gasteiger partial charge < -0.3 is 10.2 Å². The zero-order valence-corrected chi connectivity index (χ0v) is 11.6. The third-order valence-corrected chi connectivity index (χ3v) is 3.68. The second kappa shape index (κ2) is 4.70. The minimum Gasteiger partial charge on any atom is -0.504 e. The maximum Gasteiger partial charge on any atom is 0.186 e. The molecule has 0 aliphatic rings. The van der Waals surface area contributed by atoms with Gasteiger partial charge in [-0.25, -0.2) is 9.97 Å². The molecule has 4 heteroatoms. The molecule has 0 spiro atoms. The molecule has 106 valence electrons. The Hall–Kier alpha value is -3.14. The predicted molar refractivity (Wildman–Crippen MR) is 85.8 cm³/mol. The maximum atomic E-state index is 10.3. The Labute approximate surface area is 126 Å². The summed E-state index contributed by atoms with van der Waals surface area (Å²) >= 11 is 0. The van der Waals surface area contributed by atoms with Crippen molar-refractivity contribution in [1.82, 2.24) is 9.97 Å². The molecule has 0 bridgehead atoms. The van der Waals surface area contributed by atoms with Crippen LogP contribution in [0.5, 0.6) is 11.5 Å². The molecule has 2 aromatic carbocycles. The highest BCUT2D eigenvalue weighted by Gasteiger charge is 2.16. The summed E-state index contributed by atoms with van der Waals surface area (Å²) in [4.78, 5) is 8.96. The maximum absolute atomic E-state index is 10.3. The van der Waals surface area contributed by atoms with E-state index in [1.54, 1.807) is 24.3 Å². The molecule has 4 nitrogen and oxygen atoms in total. The van der Waals surface area contributed by atoms with Crippen LogP contribution in [-0.2, 0) is 0 Å². The highest BCUT2D eigenvalue weighted by atomic mass is 16.3. The fourth-order valence-corrected chi connectivity index (χ4v) is 2.56. The molecule has 0 radical (unpaired) electrons. The summed E-state index contributed by atoms with van der Waals surface area (Å²) in [7, 11) is 0. The van der Waals surface area contributed by atoms with E-state index >= 15 is 0 Å². The lowest BCUT2D eigenvalue weighted by atomic mass is 10.1. The van der Waals surface area contributed by atoms with Crippen molar-refractivity contribution in [2.24, 2.45) is 0 Å². The van der Waals surface area contributed by atoms with Crippen LogP contribution in [0.1, 0.15) is 0 Å². The van der Waals surface area contributed by atoms with E-state index in [0.29, 0.717) is 16.6 Å². The number of aromatic hydroxyl groups is 2. The van der Waals surface area contributed by atoms with Crippen molar-refractivity contribution in [3.8, 4) is 22.9 Å². The van der Waals surface area contributed by atoms with E-state index in [1.807, 2.05) is 36.4 Å². The van der Waals surface area contributed by atoms with E-state index in [2.05, 4.69) is 9.97 Å². The number of aromatic nitrogens is 2. The largest absolute Gasteiger partial charge is 0.504 e. The molecule has 0 aliphatic carbocycles. The summed E-state index contributed by atoms with van der Waals surface area (Å²) in [6.07, 6.45) is 0. The minimum atomic E-state index is -0.249. The summed E-state index contributed by atoms with van der Waals surface area (Å²) in [5.41, 5.74) is 2.23. The number of para-hydroxylation sites is 2. The number of hydrogen-bond donors (Lipinski definition) is 2. The first-order valence-electron chi connectivity index (χ1n) is 6.91. The molecule has 2 N–H and O–H groups in total. The fourth-order valence-electron chi connectivity index (χ4n) is 2.56. The van der Waals surface area contributed by atoms with Gasteiger partial charge in [0.15, 0.2) is 11.5 Å². The molecule has 0 saturated carbocycles. The monoisotopic (exact) mass is 288 g/mol. The molecule has 0 unspecified atom stereocenters. The van der Waals surface area contributed by atoms with Crippen LogP contribution >= 0.6 is 0 Å². The number of rotatable bonds is 1. The minimum absolute atomic E-state index is 0.171. The SMILES string of the molecule is Oc1c(-c2ccc3ccccc3n2)nc2ccccc2c1O. The van der Waals surface area contributed by atoms with Gasteiger partial charge in [-0.3, -0.25) is 0 Å². The third-order valence-electron chi connectivity index (χ3n) is 3.68. The van der Waals surface area contributed by atoms with Gasteiger partial charge in [0.2, 0.25) is 0 Å². The van der Waals surface area contributed by atoms with Gasteiger partial charge in [0, 0.05) is 10.8 Å². The lowest BCUT2D eigenvalue weighted by Crippen LogP contribution is -1.91. The summed E-state index contributed by atoms with van der Waals surface area (Å²) in [6.45, 7) is 0. The van der Waals surface area contributed by atoms with Crippen molar-refractivity contribution in [3.63, 3.8) is 0 Å². The van der Waals surface area contributed by atoms with E-state index in [0.717, 1.165) is 10.9 Å². The van der Waals surface area contributed by atoms with Gasteiger partial charge in [0.05, 0.1) is 16.7 Å². The van der Waals surface area contributed by atoms with Crippen LogP contribution in [0.15, 0.2) is 60.7 Å². The van der Waals surface area contributed by atoms with Crippen molar-refractivity contribution < 1.29 is 10.2 Å². The summed E-state index contributed by atoms with van der Waals surface area (Å²) in [5, 5.41) is 22.0. The van der Waals surface area contributed by atoms with Crippen LogP contribution in [0.25, 0.3) is 33.2 Å². The quantitative estimate of drug-likeness (QED) is 0.558. The van der Waals surface area contributed by atoms with E-state index in [1.165, 1.54) is 0 Å². The number of pyridine rings is 2. The Morgan fingerprint density at radius 3 is 2.23 bits per heavy atom. The topological polar surface area (TPSA) is 66.2 Å². The first-order chi connectivity index (χ1) is 10.7. The molecule has 4 rings (SSSR count). The molecule has 0 amide bonds. The van der Waals surface area contributed by atoms with Crippen molar-refractivity contribution in [2.75, 3.05) is 0 Å². The number of fused-ring (bicyclic) bond motifs is 2. The molecule has 0 saturated heterocycles. The van der Waals surface area contributed by atoms with Crippen LogP contribution in [0, 0.1) is 0 Å². The van der Waals surface area contributed by atoms with Crippen LogP contribution < -0.4 is 0 Å². The van der Waals surface area contributed by atoms with Crippen molar-refractivity contribution in [1.29, 1.82) is 0 Å². The lowest BCUT2D eigenvalue weighted by molar-refractivity contribution is 0.408. The first kappa shape index (κ1) is 12.6. The van der Waals surface area contributed by atoms with Gasteiger partial charge in [-0.15, -0.1) is 0 Å². The lowest BCUT2D eigenvalue weighted by Gasteiger charge is -2.09. The normalized spacial score (nSPS) is 11.1. The van der Waals surface area contributed by atoms with Crippen molar-refractivity contribution in [3.05, 3.63) is 60.7 Å². The average molecular weight is 288 g/mol. The van der Waals surface area contributed by atoms with Gasteiger partial charge >= 0.3 is 0 Å². The number of hydrogen-bond acceptors (Lipinski definition) is 4. The smallest absolute Gasteiger partial charge is 0.186 e. The highest BCUT2D eigenvalue weighted by Crippen LogP contribution is 2.39. The molecular formula is C18H12N2O2. The van der Waals surface area contributed by atoms with E-state index in [4.69, 9.17) is 0 Å². The molecule has 22 heavy (non-hydrogen) atoms. The van der Waals surface area contributed by atoms with Gasteiger partial charge in [0.1, 0.15) is 5.69 Å². The van der Waals surface area contributed by atoms with Crippen molar-refractivity contribution >= 4 is 21.8 Å². The second-order valence-electron chi connectivity index (χ2n) is 5.06. The van der Waals surface area contributed by atoms with Gasteiger partial charge in [-0.2, -0.15) is 0 Å². The standard InChI is InChI=1S/C18H12N2O2/c21-17-12-6-2-4-8-14(12)20-16(18(17)22)15-10-9-11-5-1-3-7-13(11)19-15/h1-10,22H,(H,20,21). The molecule has 0 atom stereocenters. The average Bonchev–Trinajstić information content (AvgIpc) is 2.58. The van der Waals surface area contributed by atoms with Crippen LogP contribution in [0.4, 0.5) is 0 Å². The Bertz CT molecular complexity index is 1010. The summed E-state index contributed by atoms with van der Waals surface area (Å²) < 4.78 is 0. The molecule has 0 fully saturated rings. The summed E-state index contributed by atoms with van der Waals surface area (Å²) in [5.74, 6) is -0.419. The van der Waals surface area contributed by atoms with Crippen LogP contribution in [0.2, 0.25) is 0 Å². The summed E-state index contributed by atoms with van der Waals surface area (Å²) in [6, 6.07) is 18.6. The van der Waals surface area contributed by atoms with Crippen LogP contribution in [0.3, 0.4) is 0 Å². The molecule has 0 aliphatic heterocycles. The van der Waals surface area contributed by atoms with Crippen LogP contribution in [-0.4, -0.2) is 20.2 Å². The Kier molecular flexibility index (Phi) is 2.69. The van der Waals surface area contributed by atoms with E-state index in [9.17, 15) is 10.2 Å². The van der Waals surface area contributed by atoms with Crippen molar-refractivity contribution in [2.45, 2.75) is 0 Å². The predicted octanol–water partition coefficient (Wildman–Crippen LogP) is 3.86. The first-order valence-corrected chi connectivity index (χ1v) is 6.91. The highest BCUT2D eigenvalue weighted by molar-refractivity contribution is 5.92. The zero-order chi connectivity index (χ0) is 15.1. The number of benzene rings is 2. The van der Waals surface area contributed by atoms with Gasteiger partial charge in [-0.1, -0.05) is 36.4 Å². The Balaban J connectivity index is 2.01. The van der Waals surface area contributed by atoms with E-state index in [-0.39, 0.29) is 17.2 Å². The number of nitrogens with zero attached hydrogens (tertiary/aromatic N) is 2. The Morgan fingerprint density at radius 2 is 1.36 bits per heavy atom. The fraction of sp³-hybridized carbons (Fsp3) is 0. The van der Waals surface area contributed by atoms with Gasteiger partial charge in [0.25, 0.3) is 0 Å². The third kappa shape index (κ3) is 1.85. The molecular weight excluding hydrogens is 276 g/mol. The second-order valence-corrected chi connectivity index (χ2v) is 5.06.